The maximum absolute atomic E-state index is 11.6. The van der Waals surface area contributed by atoms with Crippen LogP contribution in [-0.4, -0.2) is 35.0 Å². The van der Waals surface area contributed by atoms with E-state index in [4.69, 9.17) is 0 Å². The average molecular weight is 220 g/mol. The first-order chi connectivity index (χ1) is 7.86. The van der Waals surface area contributed by atoms with Gasteiger partial charge in [0, 0.05) is 25.0 Å². The molecule has 2 rings (SSSR count). The molecule has 1 aliphatic rings. The van der Waals surface area contributed by atoms with Crippen LogP contribution in [0, 0.1) is 0 Å². The van der Waals surface area contributed by atoms with Crippen LogP contribution >= 0.6 is 0 Å². The Labute approximate surface area is 94.7 Å². The summed E-state index contributed by atoms with van der Waals surface area (Å²) in [7, 11) is 0. The molecule has 1 atom stereocenters. The number of nitrogens with one attached hydrogen (secondary N) is 2. The van der Waals surface area contributed by atoms with E-state index in [1.54, 1.807) is 6.20 Å². The minimum absolute atomic E-state index is 0.152. The number of rotatable bonds is 3. The van der Waals surface area contributed by atoms with E-state index >= 15 is 0 Å². The Morgan fingerprint density at radius 3 is 3.12 bits per heavy atom. The Bertz CT molecular complexity index is 335. The Hall–Kier alpha value is -1.49. The zero-order valence-corrected chi connectivity index (χ0v) is 9.15. The standard InChI is InChI=1S/C11H16N4O/c16-11(10-8-12-5-6-14-10)15-7-9-3-1-2-4-13-9/h5-6,8-9,13H,1-4,7H2,(H,15,16). The van der Waals surface area contributed by atoms with Crippen LogP contribution in [0.4, 0.5) is 0 Å². The van der Waals surface area contributed by atoms with E-state index in [1.165, 1.54) is 25.2 Å². The van der Waals surface area contributed by atoms with Crippen LogP contribution in [0.15, 0.2) is 18.6 Å². The van der Waals surface area contributed by atoms with Crippen LogP contribution in [0.3, 0.4) is 0 Å². The van der Waals surface area contributed by atoms with Crippen molar-refractivity contribution < 1.29 is 4.79 Å². The van der Waals surface area contributed by atoms with E-state index in [1.807, 2.05) is 0 Å². The molecular formula is C11H16N4O. The van der Waals surface area contributed by atoms with Gasteiger partial charge in [-0.3, -0.25) is 9.78 Å². The van der Waals surface area contributed by atoms with E-state index in [0.29, 0.717) is 18.3 Å². The lowest BCUT2D eigenvalue weighted by atomic mass is 10.1. The Morgan fingerprint density at radius 1 is 1.50 bits per heavy atom. The van der Waals surface area contributed by atoms with Crippen molar-refractivity contribution in [2.45, 2.75) is 25.3 Å². The predicted octanol–water partition coefficient (Wildman–Crippen LogP) is 0.348. The molecule has 1 saturated heterocycles. The van der Waals surface area contributed by atoms with E-state index in [2.05, 4.69) is 20.6 Å². The smallest absolute Gasteiger partial charge is 0.271 e. The van der Waals surface area contributed by atoms with Crippen molar-refractivity contribution in [2.75, 3.05) is 13.1 Å². The Balaban J connectivity index is 1.79. The van der Waals surface area contributed by atoms with Gasteiger partial charge in [0.15, 0.2) is 0 Å². The molecule has 1 amide bonds. The van der Waals surface area contributed by atoms with Gasteiger partial charge < -0.3 is 10.6 Å². The summed E-state index contributed by atoms with van der Waals surface area (Å²) in [5.41, 5.74) is 0.373. The van der Waals surface area contributed by atoms with Crippen LogP contribution in [0.1, 0.15) is 29.8 Å². The van der Waals surface area contributed by atoms with E-state index in [9.17, 15) is 4.79 Å². The largest absolute Gasteiger partial charge is 0.349 e. The minimum Gasteiger partial charge on any atom is -0.349 e. The average Bonchev–Trinajstić information content (AvgIpc) is 2.38. The van der Waals surface area contributed by atoms with Crippen molar-refractivity contribution in [3.63, 3.8) is 0 Å². The van der Waals surface area contributed by atoms with Crippen molar-refractivity contribution in [1.82, 2.24) is 20.6 Å². The quantitative estimate of drug-likeness (QED) is 0.771. The molecular weight excluding hydrogens is 204 g/mol. The second-order valence-electron chi connectivity index (χ2n) is 3.95. The maximum Gasteiger partial charge on any atom is 0.271 e. The van der Waals surface area contributed by atoms with Gasteiger partial charge in [-0.05, 0) is 19.4 Å². The summed E-state index contributed by atoms with van der Waals surface area (Å²) < 4.78 is 0. The fourth-order valence-electron chi connectivity index (χ4n) is 1.82. The van der Waals surface area contributed by atoms with E-state index in [-0.39, 0.29) is 5.91 Å². The number of nitrogens with zero attached hydrogens (tertiary/aromatic N) is 2. The first kappa shape index (κ1) is 11.0. The van der Waals surface area contributed by atoms with Crippen molar-refractivity contribution in [1.29, 1.82) is 0 Å². The SMILES string of the molecule is O=C(NCC1CCCCN1)c1cnccn1. The lowest BCUT2D eigenvalue weighted by Crippen LogP contribution is -2.43. The summed E-state index contributed by atoms with van der Waals surface area (Å²) >= 11 is 0. The van der Waals surface area contributed by atoms with Crippen molar-refractivity contribution in [3.05, 3.63) is 24.3 Å². The molecule has 0 aromatic carbocycles. The molecule has 1 aliphatic heterocycles. The van der Waals surface area contributed by atoms with Gasteiger partial charge in [-0.25, -0.2) is 4.98 Å². The molecule has 16 heavy (non-hydrogen) atoms. The highest BCUT2D eigenvalue weighted by Gasteiger charge is 2.14. The van der Waals surface area contributed by atoms with Crippen molar-refractivity contribution >= 4 is 5.91 Å². The van der Waals surface area contributed by atoms with Crippen LogP contribution in [0.5, 0.6) is 0 Å². The molecule has 1 aromatic heterocycles. The van der Waals surface area contributed by atoms with Gasteiger partial charge in [0.05, 0.1) is 6.20 Å². The first-order valence-corrected chi connectivity index (χ1v) is 5.64. The molecule has 0 radical (unpaired) electrons. The van der Waals surface area contributed by atoms with Gasteiger partial charge >= 0.3 is 0 Å². The minimum atomic E-state index is -0.152. The predicted molar refractivity (Wildman–Crippen MR) is 60.0 cm³/mol. The third kappa shape index (κ3) is 3.00. The van der Waals surface area contributed by atoms with E-state index in [0.717, 1.165) is 13.0 Å². The third-order valence-corrected chi connectivity index (χ3v) is 2.72. The summed E-state index contributed by atoms with van der Waals surface area (Å²) in [5.74, 6) is -0.152. The van der Waals surface area contributed by atoms with Gasteiger partial charge in [0.1, 0.15) is 5.69 Å². The van der Waals surface area contributed by atoms with Crippen LogP contribution in [0.2, 0.25) is 0 Å². The maximum atomic E-state index is 11.6. The van der Waals surface area contributed by atoms with Gasteiger partial charge in [-0.2, -0.15) is 0 Å². The highest BCUT2D eigenvalue weighted by molar-refractivity contribution is 5.91. The highest BCUT2D eigenvalue weighted by Crippen LogP contribution is 2.05. The Morgan fingerprint density at radius 2 is 2.44 bits per heavy atom. The highest BCUT2D eigenvalue weighted by atomic mass is 16.1. The molecule has 0 bridgehead atoms. The van der Waals surface area contributed by atoms with E-state index < -0.39 is 0 Å². The lowest BCUT2D eigenvalue weighted by molar-refractivity contribution is 0.0942. The second kappa shape index (κ2) is 5.55. The summed E-state index contributed by atoms with van der Waals surface area (Å²) in [4.78, 5) is 19.5. The van der Waals surface area contributed by atoms with Gasteiger partial charge in [0.2, 0.25) is 0 Å². The summed E-state index contributed by atoms with van der Waals surface area (Å²) in [6.45, 7) is 1.71. The normalized spacial score (nSPS) is 20.4. The number of amides is 1. The number of piperidine rings is 1. The van der Waals surface area contributed by atoms with Gasteiger partial charge in [0.25, 0.3) is 5.91 Å². The number of carbonyl (C=O) groups excluding carboxylic acids is 1. The number of aromatic nitrogens is 2. The first-order valence-electron chi connectivity index (χ1n) is 5.64. The number of hydrogen-bond donors (Lipinski definition) is 2. The molecule has 2 heterocycles. The fraction of sp³-hybridized carbons (Fsp3) is 0.545. The third-order valence-electron chi connectivity index (χ3n) is 2.72. The molecule has 0 spiro atoms. The molecule has 86 valence electrons. The van der Waals surface area contributed by atoms with Crippen LogP contribution < -0.4 is 10.6 Å². The second-order valence-corrected chi connectivity index (χ2v) is 3.95. The topological polar surface area (TPSA) is 66.9 Å². The molecule has 0 aliphatic carbocycles. The number of carbonyl (C=O) groups is 1. The molecule has 2 N–H and O–H groups in total. The molecule has 0 saturated carbocycles. The summed E-state index contributed by atoms with van der Waals surface area (Å²) in [6.07, 6.45) is 8.14. The summed E-state index contributed by atoms with van der Waals surface area (Å²) in [6, 6.07) is 0.398. The fourth-order valence-corrected chi connectivity index (χ4v) is 1.82. The Kier molecular flexibility index (Phi) is 3.82. The molecule has 5 heteroatoms. The lowest BCUT2D eigenvalue weighted by Gasteiger charge is -2.23. The van der Waals surface area contributed by atoms with Crippen LogP contribution in [0.25, 0.3) is 0 Å². The molecule has 5 nitrogen and oxygen atoms in total. The molecule has 1 fully saturated rings. The zero-order valence-electron chi connectivity index (χ0n) is 9.15. The molecule has 1 unspecified atom stereocenters. The van der Waals surface area contributed by atoms with Crippen LogP contribution in [-0.2, 0) is 0 Å². The monoisotopic (exact) mass is 220 g/mol. The number of hydrogen-bond acceptors (Lipinski definition) is 4. The van der Waals surface area contributed by atoms with Crippen molar-refractivity contribution in [2.24, 2.45) is 0 Å². The molecule has 1 aromatic rings. The zero-order chi connectivity index (χ0) is 11.2. The summed E-state index contributed by atoms with van der Waals surface area (Å²) in [5, 5.41) is 6.24. The van der Waals surface area contributed by atoms with Gasteiger partial charge in [-0.1, -0.05) is 6.42 Å². The van der Waals surface area contributed by atoms with Gasteiger partial charge in [-0.15, -0.1) is 0 Å². The van der Waals surface area contributed by atoms with Crippen molar-refractivity contribution in [3.8, 4) is 0 Å².